The molecule has 0 bridgehead atoms. The maximum Gasteiger partial charge on any atom is 0.271 e. The number of aromatic amines is 2. The van der Waals surface area contributed by atoms with Gasteiger partial charge in [-0.25, -0.2) is 0 Å². The second-order valence-electron chi connectivity index (χ2n) is 2.90. The van der Waals surface area contributed by atoms with Crippen molar-refractivity contribution in [2.75, 3.05) is 0 Å². The van der Waals surface area contributed by atoms with Gasteiger partial charge in [0.2, 0.25) is 0 Å². The second kappa shape index (κ2) is 2.58. The lowest BCUT2D eigenvalue weighted by atomic mass is 10.1. The highest BCUT2D eigenvalue weighted by Gasteiger charge is 2.03. The molecule has 4 nitrogen and oxygen atoms in total. The molecule has 1 aromatic carbocycles. The average molecular weight is 176 g/mol. The number of fused-ring (bicyclic) bond motifs is 1. The molecule has 2 rings (SSSR count). The molecule has 66 valence electrons. The van der Waals surface area contributed by atoms with E-state index >= 15 is 0 Å². The van der Waals surface area contributed by atoms with E-state index in [-0.39, 0.29) is 11.3 Å². The molecular weight excluding hydrogens is 168 g/mol. The minimum atomic E-state index is -0.162. The number of H-pyrrole nitrogens is 2. The molecule has 2 N–H and O–H groups in total. The lowest BCUT2D eigenvalue weighted by Gasteiger charge is -1.93. The molecule has 0 saturated carbocycles. The lowest BCUT2D eigenvalue weighted by molar-refractivity contribution is 0.101. The summed E-state index contributed by atoms with van der Waals surface area (Å²) in [5, 5.41) is 5.72. The van der Waals surface area contributed by atoms with Crippen LogP contribution < -0.4 is 5.56 Å². The first-order valence-corrected chi connectivity index (χ1v) is 3.90. The van der Waals surface area contributed by atoms with Crippen LogP contribution >= 0.6 is 0 Å². The van der Waals surface area contributed by atoms with E-state index in [4.69, 9.17) is 0 Å². The molecule has 0 amide bonds. The van der Waals surface area contributed by atoms with Gasteiger partial charge in [-0.15, -0.1) is 0 Å². The summed E-state index contributed by atoms with van der Waals surface area (Å²) >= 11 is 0. The van der Waals surface area contributed by atoms with Gasteiger partial charge in [-0.1, -0.05) is 6.07 Å². The van der Waals surface area contributed by atoms with Gasteiger partial charge in [0, 0.05) is 5.56 Å². The number of Topliss-reactive ketones (excluding diaryl/α,β-unsaturated/α-hetero) is 1. The Hall–Kier alpha value is -1.84. The lowest BCUT2D eigenvalue weighted by Crippen LogP contribution is -1.97. The fourth-order valence-corrected chi connectivity index (χ4v) is 1.26. The molecular formula is C9H8N2O2. The number of hydrogen-bond acceptors (Lipinski definition) is 2. The molecule has 0 aliphatic carbocycles. The van der Waals surface area contributed by atoms with Crippen molar-refractivity contribution in [3.63, 3.8) is 0 Å². The van der Waals surface area contributed by atoms with Crippen LogP contribution in [0.3, 0.4) is 0 Å². The van der Waals surface area contributed by atoms with Crippen LogP contribution in [0.25, 0.3) is 10.9 Å². The summed E-state index contributed by atoms with van der Waals surface area (Å²) in [4.78, 5) is 22.1. The summed E-state index contributed by atoms with van der Waals surface area (Å²) in [6.07, 6.45) is 0. The van der Waals surface area contributed by atoms with E-state index in [2.05, 4.69) is 10.2 Å². The molecule has 0 spiro atoms. The highest BCUT2D eigenvalue weighted by molar-refractivity contribution is 5.97. The smallest absolute Gasteiger partial charge is 0.271 e. The number of benzene rings is 1. The SMILES string of the molecule is CC(=O)c1ccc2c(=O)[nH][nH]c2c1. The van der Waals surface area contributed by atoms with Crippen LogP contribution in [-0.2, 0) is 0 Å². The number of carbonyl (C=O) groups is 1. The highest BCUT2D eigenvalue weighted by atomic mass is 16.1. The molecule has 0 fully saturated rings. The van der Waals surface area contributed by atoms with Gasteiger partial charge in [-0.05, 0) is 19.1 Å². The van der Waals surface area contributed by atoms with Gasteiger partial charge in [-0.2, -0.15) is 0 Å². The van der Waals surface area contributed by atoms with E-state index in [0.717, 1.165) is 0 Å². The topological polar surface area (TPSA) is 65.7 Å². The summed E-state index contributed by atoms with van der Waals surface area (Å²) in [6, 6.07) is 4.95. The van der Waals surface area contributed by atoms with Crippen LogP contribution in [0.1, 0.15) is 17.3 Å². The van der Waals surface area contributed by atoms with Crippen LogP contribution in [0.4, 0.5) is 0 Å². The number of aromatic nitrogens is 2. The number of carbonyl (C=O) groups excluding carboxylic acids is 1. The maximum atomic E-state index is 11.1. The molecule has 4 heteroatoms. The Balaban J connectivity index is 2.77. The third-order valence-corrected chi connectivity index (χ3v) is 1.98. The van der Waals surface area contributed by atoms with Crippen LogP contribution in [0.15, 0.2) is 23.0 Å². The van der Waals surface area contributed by atoms with Crippen molar-refractivity contribution < 1.29 is 4.79 Å². The second-order valence-corrected chi connectivity index (χ2v) is 2.90. The van der Waals surface area contributed by atoms with Gasteiger partial charge in [0.15, 0.2) is 5.78 Å². The number of ketones is 1. The summed E-state index contributed by atoms with van der Waals surface area (Å²) in [7, 11) is 0. The van der Waals surface area contributed by atoms with Crippen molar-refractivity contribution in [3.8, 4) is 0 Å². The van der Waals surface area contributed by atoms with Crippen molar-refractivity contribution in [1.82, 2.24) is 10.2 Å². The summed E-state index contributed by atoms with van der Waals surface area (Å²) in [6.45, 7) is 1.49. The first-order valence-electron chi connectivity index (χ1n) is 3.90. The largest absolute Gasteiger partial charge is 0.298 e. The Morgan fingerprint density at radius 3 is 2.77 bits per heavy atom. The van der Waals surface area contributed by atoms with Crippen LogP contribution in [-0.4, -0.2) is 16.0 Å². The van der Waals surface area contributed by atoms with Crippen molar-refractivity contribution in [2.24, 2.45) is 0 Å². The van der Waals surface area contributed by atoms with E-state index in [0.29, 0.717) is 16.5 Å². The van der Waals surface area contributed by atoms with Crippen molar-refractivity contribution >= 4 is 16.7 Å². The van der Waals surface area contributed by atoms with Gasteiger partial charge in [0.25, 0.3) is 5.56 Å². The molecule has 1 aromatic heterocycles. The number of rotatable bonds is 1. The van der Waals surface area contributed by atoms with Crippen molar-refractivity contribution in [1.29, 1.82) is 0 Å². The van der Waals surface area contributed by atoms with Gasteiger partial charge in [-0.3, -0.25) is 19.8 Å². The van der Waals surface area contributed by atoms with Crippen LogP contribution in [0, 0.1) is 0 Å². The Morgan fingerprint density at radius 2 is 2.08 bits per heavy atom. The van der Waals surface area contributed by atoms with Crippen LogP contribution in [0.5, 0.6) is 0 Å². The quantitative estimate of drug-likeness (QED) is 0.638. The highest BCUT2D eigenvalue weighted by Crippen LogP contribution is 2.09. The zero-order valence-electron chi connectivity index (χ0n) is 7.05. The molecule has 0 radical (unpaired) electrons. The molecule has 0 aliphatic heterocycles. The molecule has 0 atom stereocenters. The van der Waals surface area contributed by atoms with Gasteiger partial charge < -0.3 is 0 Å². The minimum Gasteiger partial charge on any atom is -0.298 e. The monoisotopic (exact) mass is 176 g/mol. The fraction of sp³-hybridized carbons (Fsp3) is 0.111. The maximum absolute atomic E-state index is 11.1. The first kappa shape index (κ1) is 7.79. The summed E-state index contributed by atoms with van der Waals surface area (Å²) in [5.41, 5.74) is 1.10. The summed E-state index contributed by atoms with van der Waals surface area (Å²) < 4.78 is 0. The zero-order valence-corrected chi connectivity index (χ0v) is 7.05. The third-order valence-electron chi connectivity index (χ3n) is 1.98. The van der Waals surface area contributed by atoms with E-state index in [1.807, 2.05) is 0 Å². The number of hydrogen-bond donors (Lipinski definition) is 2. The standard InChI is InChI=1S/C9H8N2O2/c1-5(12)6-2-3-7-8(4-6)10-11-9(7)13/h2-4H,1H3,(H2,10,11,13). The molecule has 0 saturated heterocycles. The predicted octanol–water partition coefficient (Wildman–Crippen LogP) is 1.06. The minimum absolute atomic E-state index is 0.0102. The van der Waals surface area contributed by atoms with Gasteiger partial charge >= 0.3 is 0 Å². The molecule has 2 aromatic rings. The normalized spacial score (nSPS) is 10.5. The summed E-state index contributed by atoms with van der Waals surface area (Å²) in [5.74, 6) is -0.0102. The zero-order chi connectivity index (χ0) is 9.42. The Morgan fingerprint density at radius 1 is 1.31 bits per heavy atom. The number of nitrogens with one attached hydrogen (secondary N) is 2. The Labute approximate surface area is 73.6 Å². The molecule has 0 aliphatic rings. The average Bonchev–Trinajstić information content (AvgIpc) is 2.47. The fourth-order valence-electron chi connectivity index (χ4n) is 1.26. The molecule has 0 unspecified atom stereocenters. The Kier molecular flexibility index (Phi) is 1.55. The van der Waals surface area contributed by atoms with E-state index in [9.17, 15) is 9.59 Å². The first-order chi connectivity index (χ1) is 6.18. The Bertz CT molecular complexity index is 522. The van der Waals surface area contributed by atoms with E-state index in [1.165, 1.54) is 6.92 Å². The van der Waals surface area contributed by atoms with Gasteiger partial charge in [0.1, 0.15) is 0 Å². The third kappa shape index (κ3) is 1.16. The molecule has 13 heavy (non-hydrogen) atoms. The van der Waals surface area contributed by atoms with Crippen molar-refractivity contribution in [2.45, 2.75) is 6.92 Å². The van der Waals surface area contributed by atoms with E-state index in [1.54, 1.807) is 18.2 Å². The van der Waals surface area contributed by atoms with Crippen LogP contribution in [0.2, 0.25) is 0 Å². The van der Waals surface area contributed by atoms with Crippen molar-refractivity contribution in [3.05, 3.63) is 34.1 Å². The molecule has 1 heterocycles. The predicted molar refractivity (Wildman–Crippen MR) is 48.9 cm³/mol. The van der Waals surface area contributed by atoms with E-state index < -0.39 is 0 Å². The van der Waals surface area contributed by atoms with Gasteiger partial charge in [0.05, 0.1) is 10.9 Å².